The van der Waals surface area contributed by atoms with Gasteiger partial charge in [-0.2, -0.15) is 0 Å². The summed E-state index contributed by atoms with van der Waals surface area (Å²) in [6.45, 7) is 2.03. The number of methoxy groups -OCH3 is 1. The Morgan fingerprint density at radius 3 is 2.72 bits per heavy atom. The number of halogens is 1. The van der Waals surface area contributed by atoms with E-state index >= 15 is 0 Å². The van der Waals surface area contributed by atoms with Crippen LogP contribution >= 0.6 is 11.3 Å². The Morgan fingerprint density at radius 2 is 2.08 bits per heavy atom. The van der Waals surface area contributed by atoms with E-state index in [0.29, 0.717) is 15.4 Å². The molecule has 1 heterocycles. The van der Waals surface area contributed by atoms with Crippen LogP contribution in [0.2, 0.25) is 0 Å². The molecule has 132 valence electrons. The van der Waals surface area contributed by atoms with Crippen molar-refractivity contribution < 1.29 is 18.7 Å². The molecule has 0 atom stereocenters. The summed E-state index contributed by atoms with van der Waals surface area (Å²) >= 11 is 1.25. The van der Waals surface area contributed by atoms with Crippen LogP contribution < -0.4 is 15.4 Å². The van der Waals surface area contributed by atoms with Gasteiger partial charge in [0.15, 0.2) is 11.6 Å². The van der Waals surface area contributed by atoms with Gasteiger partial charge in [0, 0.05) is 12.5 Å². The monoisotopic (exact) mass is 362 g/mol. The molecule has 0 bridgehead atoms. The Bertz CT molecular complexity index is 815. The highest BCUT2D eigenvalue weighted by atomic mass is 32.1. The van der Waals surface area contributed by atoms with Gasteiger partial charge in [0.2, 0.25) is 5.91 Å². The Balaban J connectivity index is 1.61. The summed E-state index contributed by atoms with van der Waals surface area (Å²) in [6, 6.07) is 6.36. The molecule has 0 saturated heterocycles. The minimum Gasteiger partial charge on any atom is -0.494 e. The van der Waals surface area contributed by atoms with Gasteiger partial charge in [-0.3, -0.25) is 9.59 Å². The van der Waals surface area contributed by atoms with Gasteiger partial charge in [-0.05, 0) is 49.1 Å². The molecule has 0 radical (unpaired) electrons. The number of rotatable bonds is 6. The van der Waals surface area contributed by atoms with Gasteiger partial charge in [0.25, 0.3) is 5.91 Å². The Hall–Kier alpha value is -2.41. The van der Waals surface area contributed by atoms with Gasteiger partial charge in [-0.25, -0.2) is 4.39 Å². The molecule has 0 spiro atoms. The molecule has 0 unspecified atom stereocenters. The standard InChI is InChI=1S/C18H19FN2O3S/c1-10-7-15(21-17(22)12-4-5-12)25-16(10)18(23)20-9-11-3-6-14(24-2)13(19)8-11/h3,6-8,12H,4-5,9H2,1-2H3,(H,20,23)(H,21,22). The van der Waals surface area contributed by atoms with Gasteiger partial charge in [0.05, 0.1) is 17.0 Å². The first-order valence-corrected chi connectivity index (χ1v) is 8.81. The summed E-state index contributed by atoms with van der Waals surface area (Å²) in [4.78, 5) is 24.7. The molecule has 1 aromatic heterocycles. The number of thiophene rings is 1. The van der Waals surface area contributed by atoms with Crippen molar-refractivity contribution in [1.82, 2.24) is 5.32 Å². The van der Waals surface area contributed by atoms with E-state index in [9.17, 15) is 14.0 Å². The molecule has 1 aromatic carbocycles. The summed E-state index contributed by atoms with van der Waals surface area (Å²) in [5.74, 6) is -0.413. The lowest BCUT2D eigenvalue weighted by Crippen LogP contribution is -2.22. The second kappa shape index (κ2) is 7.23. The predicted molar refractivity (Wildman–Crippen MR) is 94.5 cm³/mol. The van der Waals surface area contributed by atoms with Crippen LogP contribution in [0.25, 0.3) is 0 Å². The first kappa shape index (κ1) is 17.4. The van der Waals surface area contributed by atoms with Crippen LogP contribution in [0.4, 0.5) is 9.39 Å². The lowest BCUT2D eigenvalue weighted by molar-refractivity contribution is -0.117. The quantitative estimate of drug-likeness (QED) is 0.827. The summed E-state index contributed by atoms with van der Waals surface area (Å²) in [5, 5.41) is 6.30. The number of nitrogens with one attached hydrogen (secondary N) is 2. The molecule has 2 amide bonds. The number of carbonyl (C=O) groups is 2. The van der Waals surface area contributed by atoms with Crippen LogP contribution in [0.15, 0.2) is 24.3 Å². The Morgan fingerprint density at radius 1 is 1.32 bits per heavy atom. The van der Waals surface area contributed by atoms with E-state index in [2.05, 4.69) is 10.6 Å². The molecule has 2 aromatic rings. The maximum Gasteiger partial charge on any atom is 0.261 e. The van der Waals surface area contributed by atoms with Crippen molar-refractivity contribution in [2.45, 2.75) is 26.3 Å². The number of carbonyl (C=O) groups excluding carboxylic acids is 2. The van der Waals surface area contributed by atoms with Crippen LogP contribution in [0, 0.1) is 18.7 Å². The fourth-order valence-corrected chi connectivity index (χ4v) is 3.41. The highest BCUT2D eigenvalue weighted by Gasteiger charge is 2.30. The lowest BCUT2D eigenvalue weighted by Gasteiger charge is -2.07. The van der Waals surface area contributed by atoms with E-state index in [0.717, 1.165) is 18.4 Å². The van der Waals surface area contributed by atoms with Crippen molar-refractivity contribution in [3.63, 3.8) is 0 Å². The zero-order valence-corrected chi connectivity index (χ0v) is 14.8. The van der Waals surface area contributed by atoms with Crippen LogP contribution in [0.1, 0.15) is 33.6 Å². The van der Waals surface area contributed by atoms with Crippen molar-refractivity contribution >= 4 is 28.2 Å². The van der Waals surface area contributed by atoms with Gasteiger partial charge < -0.3 is 15.4 Å². The maximum absolute atomic E-state index is 13.7. The summed E-state index contributed by atoms with van der Waals surface area (Å²) in [7, 11) is 1.40. The number of benzene rings is 1. The third-order valence-corrected chi connectivity index (χ3v) is 5.14. The van der Waals surface area contributed by atoms with E-state index in [1.54, 1.807) is 12.1 Å². The number of anilines is 1. The Kier molecular flexibility index (Phi) is 5.03. The number of aryl methyl sites for hydroxylation is 1. The van der Waals surface area contributed by atoms with E-state index in [4.69, 9.17) is 4.74 Å². The van der Waals surface area contributed by atoms with E-state index in [1.165, 1.54) is 30.6 Å². The van der Waals surface area contributed by atoms with E-state index < -0.39 is 5.82 Å². The molecule has 2 N–H and O–H groups in total. The number of ether oxygens (including phenoxy) is 1. The average Bonchev–Trinajstić information content (AvgIpc) is 3.37. The number of amides is 2. The molecule has 1 saturated carbocycles. The third kappa shape index (κ3) is 4.17. The zero-order chi connectivity index (χ0) is 18.0. The van der Waals surface area contributed by atoms with Crippen molar-refractivity contribution in [3.8, 4) is 5.75 Å². The number of hydrogen-bond acceptors (Lipinski definition) is 4. The van der Waals surface area contributed by atoms with Crippen LogP contribution in [0.3, 0.4) is 0 Å². The molecule has 1 fully saturated rings. The topological polar surface area (TPSA) is 67.4 Å². The first-order chi connectivity index (χ1) is 12.0. The summed E-state index contributed by atoms with van der Waals surface area (Å²) in [6.07, 6.45) is 1.86. The molecule has 5 nitrogen and oxygen atoms in total. The average molecular weight is 362 g/mol. The normalized spacial score (nSPS) is 13.4. The largest absolute Gasteiger partial charge is 0.494 e. The maximum atomic E-state index is 13.7. The molecule has 0 aliphatic heterocycles. The minimum atomic E-state index is -0.466. The van der Waals surface area contributed by atoms with Crippen LogP contribution in [-0.4, -0.2) is 18.9 Å². The molecule has 7 heteroatoms. The van der Waals surface area contributed by atoms with E-state index in [-0.39, 0.29) is 30.0 Å². The van der Waals surface area contributed by atoms with Gasteiger partial charge >= 0.3 is 0 Å². The highest BCUT2D eigenvalue weighted by molar-refractivity contribution is 7.18. The van der Waals surface area contributed by atoms with Crippen molar-refractivity contribution in [2.24, 2.45) is 5.92 Å². The lowest BCUT2D eigenvalue weighted by atomic mass is 10.2. The smallest absolute Gasteiger partial charge is 0.261 e. The van der Waals surface area contributed by atoms with Gasteiger partial charge in [-0.1, -0.05) is 6.07 Å². The highest BCUT2D eigenvalue weighted by Crippen LogP contribution is 2.32. The molecule has 1 aliphatic carbocycles. The zero-order valence-electron chi connectivity index (χ0n) is 14.0. The second-order valence-corrected chi connectivity index (χ2v) is 7.09. The molecular formula is C18H19FN2O3S. The van der Waals surface area contributed by atoms with Crippen molar-refractivity contribution in [3.05, 3.63) is 46.1 Å². The van der Waals surface area contributed by atoms with E-state index in [1.807, 2.05) is 6.92 Å². The fraction of sp³-hybridized carbons (Fsp3) is 0.333. The Labute approximate surface area is 149 Å². The summed E-state index contributed by atoms with van der Waals surface area (Å²) < 4.78 is 18.6. The molecule has 1 aliphatic rings. The van der Waals surface area contributed by atoms with Gasteiger partial charge in [0.1, 0.15) is 0 Å². The predicted octanol–water partition coefficient (Wildman–Crippen LogP) is 3.48. The van der Waals surface area contributed by atoms with Crippen LogP contribution in [-0.2, 0) is 11.3 Å². The second-order valence-electron chi connectivity index (χ2n) is 6.04. The molecular weight excluding hydrogens is 343 g/mol. The van der Waals surface area contributed by atoms with Crippen LogP contribution in [0.5, 0.6) is 5.75 Å². The van der Waals surface area contributed by atoms with Crippen molar-refractivity contribution in [2.75, 3.05) is 12.4 Å². The molecule has 25 heavy (non-hydrogen) atoms. The van der Waals surface area contributed by atoms with Gasteiger partial charge in [-0.15, -0.1) is 11.3 Å². The fourth-order valence-electron chi connectivity index (χ4n) is 2.42. The summed E-state index contributed by atoms with van der Waals surface area (Å²) in [5.41, 5.74) is 1.44. The first-order valence-electron chi connectivity index (χ1n) is 8.00. The third-order valence-electron chi connectivity index (χ3n) is 3.99. The molecule has 3 rings (SSSR count). The minimum absolute atomic E-state index is 0.0157. The van der Waals surface area contributed by atoms with Crippen molar-refractivity contribution in [1.29, 1.82) is 0 Å². The SMILES string of the molecule is COc1ccc(CNC(=O)c2sc(NC(=O)C3CC3)cc2C)cc1F. The number of hydrogen-bond donors (Lipinski definition) is 2.